The second kappa shape index (κ2) is 36.9. The summed E-state index contributed by atoms with van der Waals surface area (Å²) < 4.78 is 23.6. The Labute approximate surface area is 329 Å². The SMILES string of the molecule is CCCCCCCCCCCC/C=C\CCCCCCCCCC(=O)NC(COP(=O)(O)OCC[N+](C)(C)C)C(O)CCCCCCCCCCCC. The topological polar surface area (TPSA) is 105 Å². The first-order valence-corrected chi connectivity index (χ1v) is 24.0. The van der Waals surface area contributed by atoms with E-state index >= 15 is 0 Å². The predicted molar refractivity (Wildman–Crippen MR) is 226 cm³/mol. The second-order valence-electron chi connectivity index (χ2n) is 16.8. The van der Waals surface area contributed by atoms with Gasteiger partial charge in [-0.1, -0.05) is 180 Å². The van der Waals surface area contributed by atoms with E-state index in [-0.39, 0.29) is 19.1 Å². The van der Waals surface area contributed by atoms with Crippen molar-refractivity contribution >= 4 is 13.7 Å². The number of amides is 1. The average molecular weight is 774 g/mol. The highest BCUT2D eigenvalue weighted by Crippen LogP contribution is 2.43. The zero-order valence-corrected chi connectivity index (χ0v) is 36.7. The lowest BCUT2D eigenvalue weighted by molar-refractivity contribution is -0.870. The summed E-state index contributed by atoms with van der Waals surface area (Å²) in [6.45, 7) is 4.88. The van der Waals surface area contributed by atoms with Crippen LogP contribution in [0.3, 0.4) is 0 Å². The number of allylic oxidation sites excluding steroid dienone is 2. The maximum atomic E-state index is 12.9. The zero-order valence-electron chi connectivity index (χ0n) is 35.8. The van der Waals surface area contributed by atoms with Crippen molar-refractivity contribution in [3.63, 3.8) is 0 Å². The lowest BCUT2D eigenvalue weighted by Gasteiger charge is -2.26. The highest BCUT2D eigenvalue weighted by Gasteiger charge is 2.28. The molecule has 0 bridgehead atoms. The van der Waals surface area contributed by atoms with Crippen LogP contribution in [-0.4, -0.2) is 73.4 Å². The highest BCUT2D eigenvalue weighted by atomic mass is 31.2. The number of unbranched alkanes of at least 4 members (excludes halogenated alkanes) is 26. The number of nitrogens with zero attached hydrogens (tertiary/aromatic N) is 1. The van der Waals surface area contributed by atoms with Gasteiger partial charge in [0.2, 0.25) is 5.91 Å². The predicted octanol–water partition coefficient (Wildman–Crippen LogP) is 12.4. The van der Waals surface area contributed by atoms with Crippen molar-refractivity contribution in [1.82, 2.24) is 5.32 Å². The number of aliphatic hydroxyl groups is 1. The van der Waals surface area contributed by atoms with Crippen LogP contribution < -0.4 is 5.32 Å². The lowest BCUT2D eigenvalue weighted by Crippen LogP contribution is -2.46. The van der Waals surface area contributed by atoms with Crippen LogP contribution in [0.25, 0.3) is 0 Å². The molecule has 3 atom stereocenters. The average Bonchev–Trinajstić information content (AvgIpc) is 3.10. The molecule has 0 radical (unpaired) electrons. The number of phosphoric ester groups is 1. The number of phosphoric acid groups is 1. The Morgan fingerprint density at radius 1 is 0.623 bits per heavy atom. The number of carbonyl (C=O) groups excluding carboxylic acids is 1. The van der Waals surface area contributed by atoms with E-state index in [2.05, 4.69) is 31.3 Å². The molecule has 0 aromatic rings. The molecule has 8 nitrogen and oxygen atoms in total. The summed E-state index contributed by atoms with van der Waals surface area (Å²) in [6.07, 6.45) is 41.0. The van der Waals surface area contributed by atoms with Crippen molar-refractivity contribution in [2.45, 2.75) is 225 Å². The molecule has 3 unspecified atom stereocenters. The van der Waals surface area contributed by atoms with Crippen LogP contribution in [0.2, 0.25) is 0 Å². The lowest BCUT2D eigenvalue weighted by atomic mass is 10.0. The molecule has 0 spiro atoms. The Hall–Kier alpha value is -0.760. The van der Waals surface area contributed by atoms with E-state index in [0.717, 1.165) is 38.5 Å². The monoisotopic (exact) mass is 774 g/mol. The normalized spacial score (nSPS) is 14.5. The summed E-state index contributed by atoms with van der Waals surface area (Å²) in [5.41, 5.74) is 0. The minimum atomic E-state index is -4.31. The molecule has 0 aromatic heterocycles. The minimum absolute atomic E-state index is 0.0754. The number of quaternary nitrogens is 1. The number of likely N-dealkylation sites (N-methyl/N-ethyl adjacent to an activating group) is 1. The summed E-state index contributed by atoms with van der Waals surface area (Å²) in [6, 6.07) is -0.757. The fourth-order valence-corrected chi connectivity index (χ4v) is 7.36. The standard InChI is InChI=1S/C44H89N2O6P/c1-6-8-10-12-14-16-18-19-20-21-22-23-24-25-26-27-28-30-32-34-36-38-44(48)45-42(41-52-53(49,50)51-40-39-46(3,4)5)43(47)37-35-33-31-29-17-15-13-11-9-7-2/h23-24,42-43,47H,6-22,25-41H2,1-5H3,(H-,45,48,49,50)/p+1/b24-23-. The Balaban J connectivity index is 4.23. The quantitative estimate of drug-likeness (QED) is 0.0247. The third kappa shape index (κ3) is 39.3. The summed E-state index contributed by atoms with van der Waals surface area (Å²) in [5.74, 6) is -0.149. The molecule has 1 amide bonds. The summed E-state index contributed by atoms with van der Waals surface area (Å²) in [4.78, 5) is 23.1. The van der Waals surface area contributed by atoms with Crippen molar-refractivity contribution in [2.75, 3.05) is 40.9 Å². The van der Waals surface area contributed by atoms with Crippen LogP contribution in [0.4, 0.5) is 0 Å². The van der Waals surface area contributed by atoms with Gasteiger partial charge in [0.25, 0.3) is 0 Å². The van der Waals surface area contributed by atoms with Crippen molar-refractivity contribution in [1.29, 1.82) is 0 Å². The molecule has 0 heterocycles. The Morgan fingerprint density at radius 2 is 1.02 bits per heavy atom. The van der Waals surface area contributed by atoms with Crippen molar-refractivity contribution < 1.29 is 32.9 Å². The molecular formula is C44H90N2O6P+. The maximum absolute atomic E-state index is 12.9. The molecule has 53 heavy (non-hydrogen) atoms. The van der Waals surface area contributed by atoms with Gasteiger partial charge in [0, 0.05) is 6.42 Å². The second-order valence-corrected chi connectivity index (χ2v) is 18.2. The first-order valence-electron chi connectivity index (χ1n) is 22.6. The van der Waals surface area contributed by atoms with Crippen molar-refractivity contribution in [3.8, 4) is 0 Å². The molecule has 3 N–H and O–H groups in total. The smallest absolute Gasteiger partial charge is 0.391 e. The summed E-state index contributed by atoms with van der Waals surface area (Å²) >= 11 is 0. The van der Waals surface area contributed by atoms with E-state index in [0.29, 0.717) is 23.9 Å². The van der Waals surface area contributed by atoms with Gasteiger partial charge in [-0.05, 0) is 38.5 Å². The van der Waals surface area contributed by atoms with Crippen molar-refractivity contribution in [2.24, 2.45) is 0 Å². The van der Waals surface area contributed by atoms with Gasteiger partial charge in [-0.2, -0.15) is 0 Å². The van der Waals surface area contributed by atoms with E-state index in [1.54, 1.807) is 0 Å². The molecule has 0 aliphatic carbocycles. The van der Waals surface area contributed by atoms with E-state index in [4.69, 9.17) is 9.05 Å². The van der Waals surface area contributed by atoms with E-state index < -0.39 is 20.0 Å². The number of nitrogens with one attached hydrogen (secondary N) is 1. The van der Waals surface area contributed by atoms with Gasteiger partial charge in [0.05, 0.1) is 39.9 Å². The number of carbonyl (C=O) groups is 1. The summed E-state index contributed by atoms with van der Waals surface area (Å²) in [7, 11) is 1.62. The van der Waals surface area contributed by atoms with Gasteiger partial charge in [-0.25, -0.2) is 4.57 Å². The summed E-state index contributed by atoms with van der Waals surface area (Å²) in [5, 5.41) is 13.9. The largest absolute Gasteiger partial charge is 0.472 e. The third-order valence-electron chi connectivity index (χ3n) is 10.3. The Bertz CT molecular complexity index is 880. The molecule has 9 heteroatoms. The molecule has 316 valence electrons. The first-order chi connectivity index (χ1) is 25.5. The van der Waals surface area contributed by atoms with Crippen LogP contribution in [0.15, 0.2) is 12.2 Å². The van der Waals surface area contributed by atoms with Gasteiger partial charge in [0.1, 0.15) is 13.2 Å². The number of rotatable bonds is 41. The van der Waals surface area contributed by atoms with E-state index in [1.807, 2.05) is 21.1 Å². The molecular weight excluding hydrogens is 683 g/mol. The zero-order chi connectivity index (χ0) is 39.3. The number of hydrogen-bond acceptors (Lipinski definition) is 5. The molecule has 0 aliphatic rings. The molecule has 0 saturated heterocycles. The molecule has 0 fully saturated rings. The van der Waals surface area contributed by atoms with Crippen LogP contribution in [0.5, 0.6) is 0 Å². The maximum Gasteiger partial charge on any atom is 0.472 e. The van der Waals surface area contributed by atoms with Crippen LogP contribution in [0.1, 0.15) is 213 Å². The third-order valence-corrected chi connectivity index (χ3v) is 11.2. The van der Waals surface area contributed by atoms with Gasteiger partial charge in [0.15, 0.2) is 0 Å². The van der Waals surface area contributed by atoms with E-state index in [9.17, 15) is 19.4 Å². The van der Waals surface area contributed by atoms with E-state index in [1.165, 1.54) is 148 Å². The highest BCUT2D eigenvalue weighted by molar-refractivity contribution is 7.47. The molecule has 0 aliphatic heterocycles. The van der Waals surface area contributed by atoms with Crippen LogP contribution in [-0.2, 0) is 18.4 Å². The molecule has 0 rings (SSSR count). The van der Waals surface area contributed by atoms with Crippen molar-refractivity contribution in [3.05, 3.63) is 12.2 Å². The van der Waals surface area contributed by atoms with Gasteiger partial charge < -0.3 is 19.8 Å². The van der Waals surface area contributed by atoms with Crippen LogP contribution in [0, 0.1) is 0 Å². The Kier molecular flexibility index (Phi) is 36.3. The Morgan fingerprint density at radius 3 is 1.45 bits per heavy atom. The fraction of sp³-hybridized carbons (Fsp3) is 0.932. The minimum Gasteiger partial charge on any atom is -0.391 e. The van der Waals surface area contributed by atoms with Gasteiger partial charge in [-0.15, -0.1) is 0 Å². The molecule has 0 aromatic carbocycles. The first kappa shape index (κ1) is 52.2. The number of aliphatic hydroxyl groups excluding tert-OH is 1. The number of hydrogen-bond donors (Lipinski definition) is 3. The fourth-order valence-electron chi connectivity index (χ4n) is 6.63. The molecule has 0 saturated carbocycles. The van der Waals surface area contributed by atoms with Gasteiger partial charge in [-0.3, -0.25) is 13.8 Å². The van der Waals surface area contributed by atoms with Crippen LogP contribution >= 0.6 is 7.82 Å². The van der Waals surface area contributed by atoms with Gasteiger partial charge >= 0.3 is 7.82 Å².